The van der Waals surface area contributed by atoms with Crippen LogP contribution in [0.15, 0.2) is 17.2 Å². The fourth-order valence-corrected chi connectivity index (χ4v) is 1.79. The number of hydrogen-bond donors (Lipinski definition) is 1. The molecule has 1 aliphatic rings. The molecule has 1 aromatic carbocycles. The number of nitrogens with zero attached hydrogens (tertiary/aromatic N) is 3. The Kier molecular flexibility index (Phi) is 4.36. The lowest BCUT2D eigenvalue weighted by Gasteiger charge is -2.23. The number of ether oxygens (including phenoxy) is 2. The fraction of sp³-hybridized carbons (Fsp3) is 0.417. The van der Waals surface area contributed by atoms with Crippen LogP contribution in [0.5, 0.6) is 11.5 Å². The number of phenols is 1. The number of hydrogen-bond acceptors (Lipinski definition) is 7. The van der Waals surface area contributed by atoms with Crippen LogP contribution >= 0.6 is 0 Å². The Balaban J connectivity index is 2.27. The molecule has 8 heteroatoms. The van der Waals surface area contributed by atoms with Crippen LogP contribution in [0.3, 0.4) is 0 Å². The number of rotatable bonds is 4. The summed E-state index contributed by atoms with van der Waals surface area (Å²) in [5.74, 6) is -0.127. The predicted octanol–water partition coefficient (Wildman–Crippen LogP) is 0.975. The molecule has 1 fully saturated rings. The standard InChI is InChI=1S/C12H15N3O5/c1-19-11-7-10(15(17)18)6-9(12(11)16)8-13-14-2-4-20-5-3-14/h6-8,16H,2-5H2,1H3/b13-8-. The van der Waals surface area contributed by atoms with Crippen LogP contribution in [0.1, 0.15) is 5.56 Å². The summed E-state index contributed by atoms with van der Waals surface area (Å²) in [4.78, 5) is 10.3. The molecule has 0 atom stereocenters. The predicted molar refractivity (Wildman–Crippen MR) is 71.3 cm³/mol. The summed E-state index contributed by atoms with van der Waals surface area (Å²) in [6, 6.07) is 2.42. The van der Waals surface area contributed by atoms with E-state index in [-0.39, 0.29) is 22.7 Å². The number of non-ortho nitro benzene ring substituents is 1. The number of phenolic OH excluding ortho intramolecular Hbond substituents is 1. The molecule has 0 amide bonds. The Morgan fingerprint density at radius 2 is 2.20 bits per heavy atom. The van der Waals surface area contributed by atoms with Crippen molar-refractivity contribution in [3.05, 3.63) is 27.8 Å². The number of hydrazone groups is 1. The highest BCUT2D eigenvalue weighted by molar-refractivity contribution is 5.86. The Bertz CT molecular complexity index is 526. The van der Waals surface area contributed by atoms with Gasteiger partial charge in [0.05, 0.1) is 50.6 Å². The first kappa shape index (κ1) is 14.1. The monoisotopic (exact) mass is 281 g/mol. The third-order valence-corrected chi connectivity index (χ3v) is 2.87. The molecular weight excluding hydrogens is 266 g/mol. The second kappa shape index (κ2) is 6.20. The van der Waals surface area contributed by atoms with Crippen molar-refractivity contribution in [2.24, 2.45) is 5.10 Å². The lowest BCUT2D eigenvalue weighted by Crippen LogP contribution is -2.32. The molecule has 1 aromatic rings. The van der Waals surface area contributed by atoms with E-state index in [2.05, 4.69) is 5.10 Å². The van der Waals surface area contributed by atoms with E-state index in [0.29, 0.717) is 26.3 Å². The van der Waals surface area contributed by atoms with Gasteiger partial charge in [-0.15, -0.1) is 0 Å². The summed E-state index contributed by atoms with van der Waals surface area (Å²) in [5, 5.41) is 26.7. The summed E-state index contributed by atoms with van der Waals surface area (Å²) in [7, 11) is 1.33. The van der Waals surface area contributed by atoms with Crippen LogP contribution < -0.4 is 4.74 Å². The van der Waals surface area contributed by atoms with E-state index in [1.807, 2.05) is 0 Å². The van der Waals surface area contributed by atoms with Crippen LogP contribution in [0.4, 0.5) is 5.69 Å². The minimum atomic E-state index is -0.548. The maximum Gasteiger partial charge on any atom is 0.274 e. The summed E-state index contributed by atoms with van der Waals surface area (Å²) < 4.78 is 10.1. The number of benzene rings is 1. The highest BCUT2D eigenvalue weighted by Gasteiger charge is 2.16. The molecule has 0 bridgehead atoms. The van der Waals surface area contributed by atoms with Crippen LogP contribution in [0, 0.1) is 10.1 Å². The van der Waals surface area contributed by atoms with Gasteiger partial charge in [-0.1, -0.05) is 0 Å². The molecule has 0 aliphatic carbocycles. The van der Waals surface area contributed by atoms with Crippen molar-refractivity contribution in [2.75, 3.05) is 33.4 Å². The lowest BCUT2D eigenvalue weighted by atomic mass is 10.2. The smallest absolute Gasteiger partial charge is 0.274 e. The fourth-order valence-electron chi connectivity index (χ4n) is 1.79. The Hall–Kier alpha value is -2.35. The first-order valence-corrected chi connectivity index (χ1v) is 6.04. The first-order valence-electron chi connectivity index (χ1n) is 6.04. The molecule has 1 N–H and O–H groups in total. The maximum absolute atomic E-state index is 10.8. The topological polar surface area (TPSA) is 97.4 Å². The van der Waals surface area contributed by atoms with Gasteiger partial charge in [-0.2, -0.15) is 5.10 Å². The van der Waals surface area contributed by atoms with Crippen molar-refractivity contribution < 1.29 is 19.5 Å². The largest absolute Gasteiger partial charge is 0.504 e. The zero-order valence-electron chi connectivity index (χ0n) is 11.0. The zero-order chi connectivity index (χ0) is 14.5. The van der Waals surface area contributed by atoms with Gasteiger partial charge in [0.25, 0.3) is 5.69 Å². The number of methoxy groups -OCH3 is 1. The Morgan fingerprint density at radius 1 is 1.50 bits per heavy atom. The van der Waals surface area contributed by atoms with Crippen molar-refractivity contribution in [3.8, 4) is 11.5 Å². The van der Waals surface area contributed by atoms with Crippen LogP contribution in [0.25, 0.3) is 0 Å². The van der Waals surface area contributed by atoms with Crippen molar-refractivity contribution in [2.45, 2.75) is 0 Å². The lowest BCUT2D eigenvalue weighted by molar-refractivity contribution is -0.385. The third kappa shape index (κ3) is 3.15. The van der Waals surface area contributed by atoms with Crippen molar-refractivity contribution in [3.63, 3.8) is 0 Å². The maximum atomic E-state index is 10.8. The number of nitro groups is 1. The minimum Gasteiger partial charge on any atom is -0.504 e. The number of morpholine rings is 1. The molecule has 0 spiro atoms. The quantitative estimate of drug-likeness (QED) is 0.502. The van der Waals surface area contributed by atoms with Crippen LogP contribution in [-0.4, -0.2) is 54.7 Å². The van der Waals surface area contributed by atoms with Gasteiger partial charge in [0, 0.05) is 11.6 Å². The zero-order valence-corrected chi connectivity index (χ0v) is 11.0. The van der Waals surface area contributed by atoms with Gasteiger partial charge in [-0.05, 0) is 0 Å². The molecule has 2 rings (SSSR count). The van der Waals surface area contributed by atoms with E-state index in [0.717, 1.165) is 0 Å². The normalized spacial score (nSPS) is 15.6. The SMILES string of the molecule is COc1cc([N+](=O)[O-])cc(/C=N\N2CCOCC2)c1O. The molecule has 0 aromatic heterocycles. The van der Waals surface area contributed by atoms with E-state index < -0.39 is 4.92 Å². The van der Waals surface area contributed by atoms with E-state index in [4.69, 9.17) is 9.47 Å². The first-order chi connectivity index (χ1) is 9.61. The van der Waals surface area contributed by atoms with Crippen molar-refractivity contribution in [1.29, 1.82) is 0 Å². The molecule has 1 heterocycles. The summed E-state index contributed by atoms with van der Waals surface area (Å²) >= 11 is 0. The minimum absolute atomic E-state index is 0.0441. The van der Waals surface area contributed by atoms with E-state index in [9.17, 15) is 15.2 Å². The van der Waals surface area contributed by atoms with Gasteiger partial charge in [0.2, 0.25) is 0 Å². The second-order valence-corrected chi connectivity index (χ2v) is 4.15. The molecule has 0 saturated carbocycles. The molecule has 0 unspecified atom stereocenters. The van der Waals surface area contributed by atoms with Gasteiger partial charge in [-0.25, -0.2) is 0 Å². The van der Waals surface area contributed by atoms with Gasteiger partial charge in [0.1, 0.15) is 0 Å². The highest BCUT2D eigenvalue weighted by Crippen LogP contribution is 2.33. The average molecular weight is 281 g/mol. The number of aromatic hydroxyl groups is 1. The molecule has 20 heavy (non-hydrogen) atoms. The van der Waals surface area contributed by atoms with Crippen LogP contribution in [-0.2, 0) is 4.74 Å². The van der Waals surface area contributed by atoms with Crippen molar-refractivity contribution >= 4 is 11.9 Å². The molecule has 8 nitrogen and oxygen atoms in total. The molecule has 1 aliphatic heterocycles. The van der Waals surface area contributed by atoms with Gasteiger partial charge in [-0.3, -0.25) is 15.1 Å². The van der Waals surface area contributed by atoms with Gasteiger partial charge < -0.3 is 14.6 Å². The highest BCUT2D eigenvalue weighted by atomic mass is 16.6. The Morgan fingerprint density at radius 3 is 2.80 bits per heavy atom. The van der Waals surface area contributed by atoms with E-state index in [1.165, 1.54) is 25.5 Å². The number of nitro benzene ring substituents is 1. The summed E-state index contributed by atoms with van der Waals surface area (Å²) in [5.41, 5.74) is 0.0746. The Labute approximate surface area is 115 Å². The second-order valence-electron chi connectivity index (χ2n) is 4.15. The van der Waals surface area contributed by atoms with E-state index in [1.54, 1.807) is 5.01 Å². The van der Waals surface area contributed by atoms with Gasteiger partial charge in [0.15, 0.2) is 11.5 Å². The molecule has 0 radical (unpaired) electrons. The molecule has 108 valence electrons. The third-order valence-electron chi connectivity index (χ3n) is 2.87. The average Bonchev–Trinajstić information content (AvgIpc) is 2.47. The summed E-state index contributed by atoms with van der Waals surface area (Å²) in [6.45, 7) is 2.45. The summed E-state index contributed by atoms with van der Waals surface area (Å²) in [6.07, 6.45) is 1.39. The van der Waals surface area contributed by atoms with E-state index >= 15 is 0 Å². The van der Waals surface area contributed by atoms with Crippen molar-refractivity contribution in [1.82, 2.24) is 5.01 Å². The van der Waals surface area contributed by atoms with Gasteiger partial charge >= 0.3 is 0 Å². The van der Waals surface area contributed by atoms with Crippen LogP contribution in [0.2, 0.25) is 0 Å². The molecule has 1 saturated heterocycles. The molecular formula is C12H15N3O5.